The highest BCUT2D eigenvalue weighted by molar-refractivity contribution is 5.79. The van der Waals surface area contributed by atoms with Crippen molar-refractivity contribution in [2.75, 3.05) is 56.2 Å². The fourth-order valence-corrected chi connectivity index (χ4v) is 3.71. The van der Waals surface area contributed by atoms with Gasteiger partial charge in [-0.15, -0.1) is 0 Å². The summed E-state index contributed by atoms with van der Waals surface area (Å²) in [4.78, 5) is 19.3. The Balaban J connectivity index is 1.52. The summed E-state index contributed by atoms with van der Waals surface area (Å²) in [5.74, 6) is 1.01. The number of methoxy groups -OCH3 is 1. The van der Waals surface area contributed by atoms with E-state index in [1.807, 2.05) is 29.2 Å². The van der Waals surface area contributed by atoms with Gasteiger partial charge >= 0.3 is 0 Å². The van der Waals surface area contributed by atoms with Crippen molar-refractivity contribution in [1.82, 2.24) is 4.90 Å². The van der Waals surface area contributed by atoms with Crippen molar-refractivity contribution in [3.63, 3.8) is 0 Å². The molecule has 3 rings (SSSR count). The molecule has 2 aromatic rings. The molecule has 5 nitrogen and oxygen atoms in total. The number of carbonyl (C=O) groups excluding carboxylic acids is 1. The van der Waals surface area contributed by atoms with E-state index in [9.17, 15) is 4.79 Å². The van der Waals surface area contributed by atoms with Gasteiger partial charge in [0, 0.05) is 50.6 Å². The molecule has 0 N–H and O–H groups in total. The molecule has 1 amide bonds. The molecule has 1 aliphatic heterocycles. The van der Waals surface area contributed by atoms with Crippen LogP contribution in [0.4, 0.5) is 11.4 Å². The van der Waals surface area contributed by atoms with Crippen molar-refractivity contribution >= 4 is 17.3 Å². The molecule has 0 aromatic heterocycles. The third kappa shape index (κ3) is 4.77. The van der Waals surface area contributed by atoms with Crippen LogP contribution in [-0.4, -0.2) is 57.2 Å². The van der Waals surface area contributed by atoms with Crippen LogP contribution in [0, 0.1) is 0 Å². The molecule has 1 aliphatic rings. The normalized spacial score (nSPS) is 14.1. The number of piperazine rings is 1. The minimum absolute atomic E-state index is 0.196. The molecule has 28 heavy (non-hydrogen) atoms. The number of amides is 1. The molecule has 0 saturated carbocycles. The predicted octanol–water partition coefficient (Wildman–Crippen LogP) is 3.43. The molecule has 1 saturated heterocycles. The molecule has 0 atom stereocenters. The van der Waals surface area contributed by atoms with Gasteiger partial charge in [0.1, 0.15) is 5.75 Å². The number of benzene rings is 2. The molecule has 0 aliphatic carbocycles. The van der Waals surface area contributed by atoms with Gasteiger partial charge in [-0.2, -0.15) is 0 Å². The van der Waals surface area contributed by atoms with Crippen LogP contribution in [0.1, 0.15) is 19.4 Å². The van der Waals surface area contributed by atoms with Crippen LogP contribution >= 0.6 is 0 Å². The van der Waals surface area contributed by atoms with E-state index in [-0.39, 0.29) is 5.91 Å². The van der Waals surface area contributed by atoms with Gasteiger partial charge in [-0.05, 0) is 55.8 Å². The third-order valence-corrected chi connectivity index (χ3v) is 5.49. The largest absolute Gasteiger partial charge is 0.497 e. The van der Waals surface area contributed by atoms with Crippen molar-refractivity contribution in [3.05, 3.63) is 54.1 Å². The van der Waals surface area contributed by atoms with E-state index < -0.39 is 0 Å². The molecule has 150 valence electrons. The Morgan fingerprint density at radius 2 is 1.54 bits per heavy atom. The van der Waals surface area contributed by atoms with Gasteiger partial charge in [-0.3, -0.25) is 4.79 Å². The smallest absolute Gasteiger partial charge is 0.227 e. The number of carbonyl (C=O) groups is 1. The number of hydrogen-bond donors (Lipinski definition) is 0. The summed E-state index contributed by atoms with van der Waals surface area (Å²) in [6.07, 6.45) is 0.447. The lowest BCUT2D eigenvalue weighted by Crippen LogP contribution is -2.49. The van der Waals surface area contributed by atoms with Crippen molar-refractivity contribution in [1.29, 1.82) is 0 Å². The highest BCUT2D eigenvalue weighted by Crippen LogP contribution is 2.22. The first-order chi connectivity index (χ1) is 13.6. The van der Waals surface area contributed by atoms with Crippen LogP contribution in [0.25, 0.3) is 0 Å². The van der Waals surface area contributed by atoms with Gasteiger partial charge in [0.2, 0.25) is 5.91 Å². The van der Waals surface area contributed by atoms with Crippen LogP contribution in [0.3, 0.4) is 0 Å². The van der Waals surface area contributed by atoms with Crippen LogP contribution in [-0.2, 0) is 11.2 Å². The van der Waals surface area contributed by atoms with Crippen molar-refractivity contribution in [2.45, 2.75) is 20.3 Å². The van der Waals surface area contributed by atoms with Crippen molar-refractivity contribution in [2.24, 2.45) is 0 Å². The van der Waals surface area contributed by atoms with Gasteiger partial charge in [-0.1, -0.05) is 12.1 Å². The zero-order valence-electron chi connectivity index (χ0n) is 17.2. The number of nitrogens with zero attached hydrogens (tertiary/aromatic N) is 3. The molecule has 1 heterocycles. The predicted molar refractivity (Wildman–Crippen MR) is 115 cm³/mol. The second kappa shape index (κ2) is 9.49. The van der Waals surface area contributed by atoms with E-state index in [1.165, 1.54) is 11.4 Å². The minimum Gasteiger partial charge on any atom is -0.497 e. The lowest BCUT2D eigenvalue weighted by atomic mass is 10.1. The summed E-state index contributed by atoms with van der Waals surface area (Å²) in [7, 11) is 1.65. The maximum atomic E-state index is 12.6. The molecule has 0 unspecified atom stereocenters. The summed E-state index contributed by atoms with van der Waals surface area (Å²) in [5, 5.41) is 0. The Hall–Kier alpha value is -2.69. The highest BCUT2D eigenvalue weighted by Gasteiger charge is 2.21. The zero-order chi connectivity index (χ0) is 19.9. The van der Waals surface area contributed by atoms with E-state index in [4.69, 9.17) is 4.74 Å². The highest BCUT2D eigenvalue weighted by atomic mass is 16.5. The van der Waals surface area contributed by atoms with Crippen LogP contribution in [0.2, 0.25) is 0 Å². The molecule has 0 radical (unpaired) electrons. The molecular formula is C23H31N3O2. The quantitative estimate of drug-likeness (QED) is 0.736. The molecule has 2 aromatic carbocycles. The number of hydrogen-bond acceptors (Lipinski definition) is 4. The second-order valence-corrected chi connectivity index (χ2v) is 7.08. The summed E-state index contributed by atoms with van der Waals surface area (Å²) in [6, 6.07) is 16.5. The van der Waals surface area contributed by atoms with Crippen LogP contribution in [0.15, 0.2) is 48.5 Å². The number of anilines is 2. The van der Waals surface area contributed by atoms with E-state index in [1.54, 1.807) is 7.11 Å². The minimum atomic E-state index is 0.196. The number of rotatable bonds is 7. The summed E-state index contributed by atoms with van der Waals surface area (Å²) < 4.78 is 5.17. The molecule has 5 heteroatoms. The first-order valence-corrected chi connectivity index (χ1v) is 10.1. The lowest BCUT2D eigenvalue weighted by Gasteiger charge is -2.36. The Morgan fingerprint density at radius 3 is 2.07 bits per heavy atom. The molecule has 0 bridgehead atoms. The van der Waals surface area contributed by atoms with E-state index in [0.717, 1.165) is 50.6 Å². The van der Waals surface area contributed by atoms with Gasteiger partial charge in [0.25, 0.3) is 0 Å². The van der Waals surface area contributed by atoms with Gasteiger partial charge in [0.15, 0.2) is 0 Å². The topological polar surface area (TPSA) is 36.0 Å². The van der Waals surface area contributed by atoms with E-state index >= 15 is 0 Å². The first-order valence-electron chi connectivity index (χ1n) is 10.1. The fourth-order valence-electron chi connectivity index (χ4n) is 3.71. The van der Waals surface area contributed by atoms with Gasteiger partial charge in [0.05, 0.1) is 13.5 Å². The van der Waals surface area contributed by atoms with E-state index in [2.05, 4.69) is 47.9 Å². The Bertz CT molecular complexity index is 746. The first kappa shape index (κ1) is 20.1. The Labute approximate surface area is 168 Å². The standard InChI is InChI=1S/C23H31N3O2/c1-4-24(5-2)20-8-10-21(11-9-20)25-14-16-26(17-15-25)23(27)18-19-6-12-22(28-3)13-7-19/h6-13H,4-5,14-18H2,1-3H3. The van der Waals surface area contributed by atoms with Crippen LogP contribution < -0.4 is 14.5 Å². The third-order valence-electron chi connectivity index (χ3n) is 5.49. The molecular weight excluding hydrogens is 350 g/mol. The zero-order valence-corrected chi connectivity index (χ0v) is 17.2. The summed E-state index contributed by atoms with van der Waals surface area (Å²) in [5.41, 5.74) is 3.53. The van der Waals surface area contributed by atoms with E-state index in [0.29, 0.717) is 6.42 Å². The monoisotopic (exact) mass is 381 g/mol. The SMILES string of the molecule is CCN(CC)c1ccc(N2CCN(C(=O)Cc3ccc(OC)cc3)CC2)cc1. The molecule has 0 spiro atoms. The maximum Gasteiger partial charge on any atom is 0.227 e. The fraction of sp³-hybridized carbons (Fsp3) is 0.435. The summed E-state index contributed by atoms with van der Waals surface area (Å²) >= 11 is 0. The van der Waals surface area contributed by atoms with Crippen molar-refractivity contribution in [3.8, 4) is 5.75 Å². The Morgan fingerprint density at radius 1 is 0.929 bits per heavy atom. The average molecular weight is 382 g/mol. The van der Waals surface area contributed by atoms with Gasteiger partial charge in [-0.25, -0.2) is 0 Å². The Kier molecular flexibility index (Phi) is 6.80. The average Bonchev–Trinajstić information content (AvgIpc) is 2.76. The number of ether oxygens (including phenoxy) is 1. The van der Waals surface area contributed by atoms with Crippen LogP contribution in [0.5, 0.6) is 5.75 Å². The maximum absolute atomic E-state index is 12.6. The summed E-state index contributed by atoms with van der Waals surface area (Å²) in [6.45, 7) is 9.69. The van der Waals surface area contributed by atoms with Crippen molar-refractivity contribution < 1.29 is 9.53 Å². The second-order valence-electron chi connectivity index (χ2n) is 7.08. The molecule has 1 fully saturated rings. The van der Waals surface area contributed by atoms with Gasteiger partial charge < -0.3 is 19.4 Å². The lowest BCUT2D eigenvalue weighted by molar-refractivity contribution is -0.130.